The predicted octanol–water partition coefficient (Wildman–Crippen LogP) is 0.445. The molecule has 1 rings (SSSR count). The number of amides is 1. The third kappa shape index (κ3) is 7.08. The molecule has 116 valence electrons. The average Bonchev–Trinajstić information content (AvgIpc) is 2.81. The van der Waals surface area contributed by atoms with E-state index in [0.29, 0.717) is 0 Å². The summed E-state index contributed by atoms with van der Waals surface area (Å²) in [5.74, 6) is -1.99. The number of aliphatic carboxylic acids is 2. The molecule has 0 aromatic heterocycles. The summed E-state index contributed by atoms with van der Waals surface area (Å²) >= 11 is 0. The lowest BCUT2D eigenvalue weighted by atomic mass is 9.95. The third-order valence-electron chi connectivity index (χ3n) is 2.76. The van der Waals surface area contributed by atoms with E-state index < -0.39 is 23.4 Å². The average molecular weight is 288 g/mol. The first-order valence-electron chi connectivity index (χ1n) is 6.55. The van der Waals surface area contributed by atoms with E-state index in [4.69, 9.17) is 10.2 Å². The summed E-state index contributed by atoms with van der Waals surface area (Å²) in [5.41, 5.74) is -0.538. The Morgan fingerprint density at radius 1 is 1.25 bits per heavy atom. The van der Waals surface area contributed by atoms with E-state index in [0.717, 1.165) is 19.4 Å². The van der Waals surface area contributed by atoms with E-state index in [1.807, 2.05) is 0 Å². The molecule has 0 spiro atoms. The van der Waals surface area contributed by atoms with Gasteiger partial charge in [0.05, 0.1) is 0 Å². The van der Waals surface area contributed by atoms with Crippen LogP contribution in [0.3, 0.4) is 0 Å². The van der Waals surface area contributed by atoms with Crippen molar-refractivity contribution in [2.75, 3.05) is 6.54 Å². The van der Waals surface area contributed by atoms with Crippen LogP contribution in [0, 0.1) is 5.41 Å². The van der Waals surface area contributed by atoms with E-state index >= 15 is 0 Å². The van der Waals surface area contributed by atoms with Gasteiger partial charge in [-0.25, -0.2) is 0 Å². The Balaban J connectivity index is 0.000000388. The number of nitrogens with one attached hydrogen (secondary N) is 2. The Hall–Kier alpha value is -1.63. The molecule has 1 heterocycles. The lowest BCUT2D eigenvalue weighted by Crippen LogP contribution is -2.43. The number of rotatable bonds is 3. The summed E-state index contributed by atoms with van der Waals surface area (Å²) in [5, 5.41) is 22.1. The van der Waals surface area contributed by atoms with Gasteiger partial charge in [-0.3, -0.25) is 14.4 Å². The van der Waals surface area contributed by atoms with Gasteiger partial charge in [-0.1, -0.05) is 20.8 Å². The maximum absolute atomic E-state index is 11.2. The van der Waals surface area contributed by atoms with Gasteiger partial charge in [0.15, 0.2) is 0 Å². The Kier molecular flexibility index (Phi) is 7.20. The van der Waals surface area contributed by atoms with E-state index in [1.165, 1.54) is 6.92 Å². The van der Waals surface area contributed by atoms with Crippen molar-refractivity contribution < 1.29 is 24.6 Å². The zero-order valence-corrected chi connectivity index (χ0v) is 12.4. The molecule has 7 heteroatoms. The molecule has 0 radical (unpaired) electrons. The summed E-state index contributed by atoms with van der Waals surface area (Å²) in [7, 11) is 0. The molecule has 0 bridgehead atoms. The van der Waals surface area contributed by atoms with Gasteiger partial charge >= 0.3 is 11.9 Å². The van der Waals surface area contributed by atoms with Crippen molar-refractivity contribution >= 4 is 17.8 Å². The number of hydrogen-bond acceptors (Lipinski definition) is 4. The van der Waals surface area contributed by atoms with Gasteiger partial charge in [0, 0.05) is 5.41 Å². The first-order chi connectivity index (χ1) is 9.05. The highest BCUT2D eigenvalue weighted by Gasteiger charge is 2.24. The Labute approximate surface area is 118 Å². The van der Waals surface area contributed by atoms with Gasteiger partial charge in [-0.05, 0) is 26.3 Å². The maximum Gasteiger partial charge on any atom is 0.325 e. The van der Waals surface area contributed by atoms with Crippen molar-refractivity contribution in [2.45, 2.75) is 52.6 Å². The van der Waals surface area contributed by atoms with Gasteiger partial charge < -0.3 is 20.8 Å². The monoisotopic (exact) mass is 288 g/mol. The predicted molar refractivity (Wildman–Crippen MR) is 73.4 cm³/mol. The molecule has 1 saturated heterocycles. The third-order valence-corrected chi connectivity index (χ3v) is 2.76. The fourth-order valence-electron chi connectivity index (χ4n) is 1.37. The second-order valence-electron chi connectivity index (χ2n) is 5.77. The van der Waals surface area contributed by atoms with Crippen LogP contribution in [0.2, 0.25) is 0 Å². The topological polar surface area (TPSA) is 116 Å². The molecule has 4 N–H and O–H groups in total. The zero-order chi connectivity index (χ0) is 15.9. The summed E-state index contributed by atoms with van der Waals surface area (Å²) in [6, 6.07) is -1.09. The molecule has 0 aromatic rings. The van der Waals surface area contributed by atoms with Gasteiger partial charge in [0.2, 0.25) is 5.91 Å². The highest BCUT2D eigenvalue weighted by atomic mass is 16.4. The van der Waals surface area contributed by atoms with E-state index in [-0.39, 0.29) is 11.9 Å². The molecule has 7 nitrogen and oxygen atoms in total. The van der Waals surface area contributed by atoms with Gasteiger partial charge in [-0.15, -0.1) is 0 Å². The number of hydrogen-bond donors (Lipinski definition) is 4. The Morgan fingerprint density at radius 2 is 1.80 bits per heavy atom. The summed E-state index contributed by atoms with van der Waals surface area (Å²) in [4.78, 5) is 31.7. The second-order valence-corrected chi connectivity index (χ2v) is 5.77. The van der Waals surface area contributed by atoms with Crippen molar-refractivity contribution in [2.24, 2.45) is 5.41 Å². The quantitative estimate of drug-likeness (QED) is 0.599. The SMILES string of the molecule is C[C@H](NC(=O)C(C)(C)C)C(=O)O.O=C(O)[C@@H]1CCCN1. The molecular weight excluding hydrogens is 264 g/mol. The largest absolute Gasteiger partial charge is 0.480 e. The fraction of sp³-hybridized carbons (Fsp3) is 0.769. The van der Waals surface area contributed by atoms with Crippen LogP contribution in [-0.4, -0.2) is 46.7 Å². The minimum absolute atomic E-state index is 0.252. The van der Waals surface area contributed by atoms with Crippen LogP contribution in [0.5, 0.6) is 0 Å². The van der Waals surface area contributed by atoms with Crippen LogP contribution in [0.4, 0.5) is 0 Å². The molecule has 1 aliphatic heterocycles. The van der Waals surface area contributed by atoms with Crippen molar-refractivity contribution in [1.29, 1.82) is 0 Å². The molecule has 0 aliphatic carbocycles. The lowest BCUT2D eigenvalue weighted by molar-refractivity contribution is -0.142. The van der Waals surface area contributed by atoms with Crippen LogP contribution in [0.1, 0.15) is 40.5 Å². The summed E-state index contributed by atoms with van der Waals surface area (Å²) in [6.45, 7) is 7.49. The van der Waals surface area contributed by atoms with Crippen molar-refractivity contribution in [3.63, 3.8) is 0 Å². The van der Waals surface area contributed by atoms with Crippen molar-refractivity contribution in [1.82, 2.24) is 10.6 Å². The smallest absolute Gasteiger partial charge is 0.325 e. The molecule has 1 amide bonds. The van der Waals surface area contributed by atoms with Crippen LogP contribution in [0.25, 0.3) is 0 Å². The normalized spacial score (nSPS) is 19.5. The molecule has 0 saturated carbocycles. The van der Waals surface area contributed by atoms with Crippen LogP contribution in [-0.2, 0) is 14.4 Å². The van der Waals surface area contributed by atoms with Crippen molar-refractivity contribution in [3.05, 3.63) is 0 Å². The number of carboxylic acids is 2. The first-order valence-corrected chi connectivity index (χ1v) is 6.55. The molecule has 2 atom stereocenters. The highest BCUT2D eigenvalue weighted by molar-refractivity contribution is 5.86. The molecule has 1 fully saturated rings. The van der Waals surface area contributed by atoms with E-state index in [1.54, 1.807) is 20.8 Å². The molecule has 20 heavy (non-hydrogen) atoms. The maximum atomic E-state index is 11.2. The standard InChI is InChI=1S/C8H15NO3.C5H9NO2/c1-5(6(10)11)9-7(12)8(2,3)4;7-5(8)4-2-1-3-6-4/h5H,1-4H3,(H,9,12)(H,10,11);4,6H,1-3H2,(H,7,8)/t5-;4-/m00/s1. The Bertz CT molecular complexity index is 356. The number of carbonyl (C=O) groups excluding carboxylic acids is 1. The van der Waals surface area contributed by atoms with Crippen LogP contribution >= 0.6 is 0 Å². The minimum Gasteiger partial charge on any atom is -0.480 e. The summed E-state index contributed by atoms with van der Waals surface area (Å²) in [6.07, 6.45) is 1.78. The fourth-order valence-corrected chi connectivity index (χ4v) is 1.37. The first kappa shape index (κ1) is 18.4. The molecule has 0 unspecified atom stereocenters. The van der Waals surface area contributed by atoms with Gasteiger partial charge in [0.25, 0.3) is 0 Å². The van der Waals surface area contributed by atoms with Crippen molar-refractivity contribution in [3.8, 4) is 0 Å². The zero-order valence-electron chi connectivity index (χ0n) is 12.4. The van der Waals surface area contributed by atoms with E-state index in [9.17, 15) is 14.4 Å². The summed E-state index contributed by atoms with van der Waals surface area (Å²) < 4.78 is 0. The van der Waals surface area contributed by atoms with E-state index in [2.05, 4.69) is 10.6 Å². The molecule has 0 aromatic carbocycles. The highest BCUT2D eigenvalue weighted by Crippen LogP contribution is 2.12. The van der Waals surface area contributed by atoms with Gasteiger partial charge in [0.1, 0.15) is 12.1 Å². The lowest BCUT2D eigenvalue weighted by Gasteiger charge is -2.19. The minimum atomic E-state index is -1.02. The number of carboxylic acid groups (broad SMARTS) is 2. The van der Waals surface area contributed by atoms with Crippen LogP contribution < -0.4 is 10.6 Å². The second kappa shape index (κ2) is 7.84. The number of carbonyl (C=O) groups is 3. The van der Waals surface area contributed by atoms with Gasteiger partial charge in [-0.2, -0.15) is 0 Å². The molecule has 1 aliphatic rings. The van der Waals surface area contributed by atoms with Crippen LogP contribution in [0.15, 0.2) is 0 Å². The molecular formula is C13H24N2O5. The Morgan fingerprint density at radius 3 is 2.05 bits per heavy atom.